The lowest BCUT2D eigenvalue weighted by Crippen LogP contribution is -2.30. The predicted octanol–water partition coefficient (Wildman–Crippen LogP) is 3.77. The van der Waals surface area contributed by atoms with Crippen molar-refractivity contribution in [2.24, 2.45) is 0 Å². The predicted molar refractivity (Wildman–Crippen MR) is 87.8 cm³/mol. The number of halogens is 2. The number of nitrogens with zero attached hydrogens (tertiary/aromatic N) is 1. The fraction of sp³-hybridized carbons (Fsp3) is 0.176. The molecule has 0 saturated carbocycles. The molecule has 0 aromatic heterocycles. The van der Waals surface area contributed by atoms with Crippen molar-refractivity contribution in [2.75, 3.05) is 12.4 Å². The first-order chi connectivity index (χ1) is 11.5. The van der Waals surface area contributed by atoms with Crippen molar-refractivity contribution in [3.8, 4) is 17.6 Å². The minimum absolute atomic E-state index is 0.0517. The van der Waals surface area contributed by atoms with Gasteiger partial charge in [-0.1, -0.05) is 23.7 Å². The van der Waals surface area contributed by atoms with Crippen molar-refractivity contribution in [1.82, 2.24) is 0 Å². The first-order valence-electron chi connectivity index (χ1n) is 6.96. The zero-order chi connectivity index (χ0) is 17.7. The number of nitrogens with one attached hydrogen (secondary N) is 1. The molecule has 1 amide bonds. The smallest absolute Gasteiger partial charge is 0.265 e. The van der Waals surface area contributed by atoms with Crippen LogP contribution in [-0.2, 0) is 4.79 Å². The summed E-state index contributed by atoms with van der Waals surface area (Å²) in [6.07, 6.45) is -0.969. The number of rotatable bonds is 5. The van der Waals surface area contributed by atoms with Crippen molar-refractivity contribution in [3.63, 3.8) is 0 Å². The van der Waals surface area contributed by atoms with E-state index in [2.05, 4.69) is 5.32 Å². The van der Waals surface area contributed by atoms with Gasteiger partial charge in [0.05, 0.1) is 29.5 Å². The molecule has 2 aromatic rings. The highest BCUT2D eigenvalue weighted by atomic mass is 35.5. The number of carbonyl (C=O) groups excluding carboxylic acids is 1. The van der Waals surface area contributed by atoms with E-state index in [1.54, 1.807) is 6.07 Å². The van der Waals surface area contributed by atoms with Crippen LogP contribution in [0.1, 0.15) is 12.5 Å². The highest BCUT2D eigenvalue weighted by Crippen LogP contribution is 2.37. The van der Waals surface area contributed by atoms with E-state index in [1.165, 1.54) is 44.4 Å². The van der Waals surface area contributed by atoms with Crippen LogP contribution in [0.5, 0.6) is 11.5 Å². The van der Waals surface area contributed by atoms with Gasteiger partial charge in [0.25, 0.3) is 5.91 Å². The fourth-order valence-electron chi connectivity index (χ4n) is 1.93. The monoisotopic (exact) mass is 348 g/mol. The Morgan fingerprint density at radius 2 is 2.08 bits per heavy atom. The number of nitriles is 1. The molecule has 0 radical (unpaired) electrons. The number of methoxy groups -OCH3 is 1. The Bertz CT molecular complexity index is 805. The molecule has 124 valence electrons. The van der Waals surface area contributed by atoms with Gasteiger partial charge in [-0.05, 0) is 25.1 Å². The molecule has 0 unspecified atom stereocenters. The molecule has 5 nitrogen and oxygen atoms in total. The lowest BCUT2D eigenvalue weighted by molar-refractivity contribution is -0.122. The molecule has 0 aliphatic heterocycles. The minimum atomic E-state index is -0.969. The number of anilines is 1. The van der Waals surface area contributed by atoms with Crippen LogP contribution in [0.25, 0.3) is 0 Å². The van der Waals surface area contributed by atoms with E-state index in [1.807, 2.05) is 6.07 Å². The van der Waals surface area contributed by atoms with Crippen molar-refractivity contribution in [3.05, 3.63) is 52.8 Å². The summed E-state index contributed by atoms with van der Waals surface area (Å²) >= 11 is 6.08. The average molecular weight is 349 g/mol. The van der Waals surface area contributed by atoms with Crippen LogP contribution >= 0.6 is 11.6 Å². The lowest BCUT2D eigenvalue weighted by atomic mass is 10.2. The third kappa shape index (κ3) is 3.94. The second-order valence-corrected chi connectivity index (χ2v) is 5.24. The zero-order valence-electron chi connectivity index (χ0n) is 13.0. The SMILES string of the molecule is COc1cc(C#N)cc(Cl)c1O[C@H](C)C(=O)Nc1ccccc1F. The molecule has 2 rings (SSSR count). The number of ether oxygens (including phenoxy) is 2. The topological polar surface area (TPSA) is 71.3 Å². The first-order valence-corrected chi connectivity index (χ1v) is 7.33. The quantitative estimate of drug-likeness (QED) is 0.892. The first kappa shape index (κ1) is 17.6. The van der Waals surface area contributed by atoms with Crippen LogP contribution < -0.4 is 14.8 Å². The molecule has 0 fully saturated rings. The van der Waals surface area contributed by atoms with E-state index in [0.717, 1.165) is 0 Å². The Hall–Kier alpha value is -2.78. The van der Waals surface area contributed by atoms with E-state index < -0.39 is 17.8 Å². The summed E-state index contributed by atoms with van der Waals surface area (Å²) in [6, 6.07) is 10.6. The summed E-state index contributed by atoms with van der Waals surface area (Å²) in [6.45, 7) is 1.49. The third-order valence-electron chi connectivity index (χ3n) is 3.15. The van der Waals surface area contributed by atoms with Gasteiger partial charge in [-0.2, -0.15) is 5.26 Å². The molecule has 0 aliphatic carbocycles. The largest absolute Gasteiger partial charge is 0.493 e. The van der Waals surface area contributed by atoms with Gasteiger partial charge in [0, 0.05) is 6.07 Å². The summed E-state index contributed by atoms with van der Waals surface area (Å²) in [7, 11) is 1.39. The summed E-state index contributed by atoms with van der Waals surface area (Å²) < 4.78 is 24.3. The lowest BCUT2D eigenvalue weighted by Gasteiger charge is -2.18. The van der Waals surface area contributed by atoms with Gasteiger partial charge in [-0.25, -0.2) is 4.39 Å². The standard InChI is InChI=1S/C17H14ClFN2O3/c1-10(17(22)21-14-6-4-3-5-13(14)19)24-16-12(18)7-11(9-20)8-15(16)23-2/h3-8,10H,1-2H3,(H,21,22)/t10-/m1/s1. The number of amides is 1. The normalized spacial score (nSPS) is 11.3. The van der Waals surface area contributed by atoms with Gasteiger partial charge in [0.15, 0.2) is 17.6 Å². The summed E-state index contributed by atoms with van der Waals surface area (Å²) in [4.78, 5) is 12.2. The molecule has 0 heterocycles. The number of hydrogen-bond donors (Lipinski definition) is 1. The molecule has 1 atom stereocenters. The van der Waals surface area contributed by atoms with Crippen molar-refractivity contribution >= 4 is 23.2 Å². The summed E-state index contributed by atoms with van der Waals surface area (Å²) in [5, 5.41) is 11.5. The van der Waals surface area contributed by atoms with Crippen LogP contribution in [0.4, 0.5) is 10.1 Å². The Kier molecular flexibility index (Phi) is 5.61. The molecule has 0 spiro atoms. The maximum absolute atomic E-state index is 13.6. The minimum Gasteiger partial charge on any atom is -0.493 e. The third-order valence-corrected chi connectivity index (χ3v) is 3.43. The molecule has 7 heteroatoms. The highest BCUT2D eigenvalue weighted by Gasteiger charge is 2.20. The molecule has 1 N–H and O–H groups in total. The second kappa shape index (κ2) is 7.66. The fourth-order valence-corrected chi connectivity index (χ4v) is 2.18. The molecule has 0 saturated heterocycles. The average Bonchev–Trinajstić information content (AvgIpc) is 2.58. The van der Waals surface area contributed by atoms with Gasteiger partial charge in [-0.15, -0.1) is 0 Å². The van der Waals surface area contributed by atoms with E-state index in [0.29, 0.717) is 5.56 Å². The van der Waals surface area contributed by atoms with E-state index in [4.69, 9.17) is 26.3 Å². The van der Waals surface area contributed by atoms with E-state index >= 15 is 0 Å². The van der Waals surface area contributed by atoms with Crippen molar-refractivity contribution in [2.45, 2.75) is 13.0 Å². The van der Waals surface area contributed by atoms with Crippen LogP contribution in [0.2, 0.25) is 5.02 Å². The Morgan fingerprint density at radius 1 is 1.38 bits per heavy atom. The Balaban J connectivity index is 2.17. The molecular weight excluding hydrogens is 335 g/mol. The number of para-hydroxylation sites is 1. The van der Waals surface area contributed by atoms with Gasteiger partial charge >= 0.3 is 0 Å². The van der Waals surface area contributed by atoms with Gasteiger partial charge in [-0.3, -0.25) is 4.79 Å². The molecule has 0 aliphatic rings. The maximum Gasteiger partial charge on any atom is 0.265 e. The van der Waals surface area contributed by atoms with Crippen LogP contribution in [-0.4, -0.2) is 19.1 Å². The maximum atomic E-state index is 13.6. The summed E-state index contributed by atoms with van der Waals surface area (Å²) in [5.41, 5.74) is 0.350. The molecule has 0 bridgehead atoms. The molecular formula is C17H14ClFN2O3. The summed E-state index contributed by atoms with van der Waals surface area (Å²) in [5.74, 6) is -0.742. The number of benzene rings is 2. The van der Waals surface area contributed by atoms with Crippen LogP contribution in [0.15, 0.2) is 36.4 Å². The van der Waals surface area contributed by atoms with Crippen LogP contribution in [0, 0.1) is 17.1 Å². The van der Waals surface area contributed by atoms with Gasteiger partial charge < -0.3 is 14.8 Å². The Morgan fingerprint density at radius 3 is 2.71 bits per heavy atom. The number of hydrogen-bond acceptors (Lipinski definition) is 4. The highest BCUT2D eigenvalue weighted by molar-refractivity contribution is 6.32. The van der Waals surface area contributed by atoms with Gasteiger partial charge in [0.2, 0.25) is 0 Å². The van der Waals surface area contributed by atoms with Gasteiger partial charge in [0.1, 0.15) is 5.82 Å². The van der Waals surface area contributed by atoms with Crippen molar-refractivity contribution < 1.29 is 18.7 Å². The van der Waals surface area contributed by atoms with Crippen molar-refractivity contribution in [1.29, 1.82) is 5.26 Å². The van der Waals surface area contributed by atoms with E-state index in [-0.39, 0.29) is 22.2 Å². The zero-order valence-corrected chi connectivity index (χ0v) is 13.7. The van der Waals surface area contributed by atoms with Crippen LogP contribution in [0.3, 0.4) is 0 Å². The number of carbonyl (C=O) groups is 1. The molecule has 2 aromatic carbocycles. The van der Waals surface area contributed by atoms with E-state index in [9.17, 15) is 9.18 Å². The molecule has 24 heavy (non-hydrogen) atoms. The Labute approximate surface area is 143 Å². The second-order valence-electron chi connectivity index (χ2n) is 4.83.